The van der Waals surface area contributed by atoms with Gasteiger partial charge >= 0.3 is 0 Å². The summed E-state index contributed by atoms with van der Waals surface area (Å²) in [4.78, 5) is 13.4. The zero-order chi connectivity index (χ0) is 9.26. The number of hydrogen-bond donors (Lipinski definition) is 0. The maximum absolute atomic E-state index is 11.1. The Balaban J connectivity index is 2.16. The van der Waals surface area contributed by atoms with Gasteiger partial charge in [0.2, 0.25) is 0 Å². The van der Waals surface area contributed by atoms with Crippen molar-refractivity contribution >= 4 is 17.1 Å². The highest BCUT2D eigenvalue weighted by Crippen LogP contribution is 2.37. The van der Waals surface area contributed by atoms with Crippen molar-refractivity contribution in [3.8, 4) is 0 Å². The van der Waals surface area contributed by atoms with Crippen LogP contribution < -0.4 is 0 Å². The first-order valence-electron chi connectivity index (χ1n) is 4.88. The van der Waals surface area contributed by atoms with E-state index in [1.54, 1.807) is 18.3 Å². The van der Waals surface area contributed by atoms with Crippen molar-refractivity contribution < 1.29 is 4.79 Å². The van der Waals surface area contributed by atoms with Gasteiger partial charge in [-0.2, -0.15) is 0 Å². The highest BCUT2D eigenvalue weighted by atomic mass is 32.1. The van der Waals surface area contributed by atoms with E-state index in [0.717, 1.165) is 10.8 Å². The second-order valence-corrected chi connectivity index (χ2v) is 4.85. The first-order valence-corrected chi connectivity index (χ1v) is 5.69. The zero-order valence-electron chi connectivity index (χ0n) is 7.88. The normalized spacial score (nSPS) is 17.9. The summed E-state index contributed by atoms with van der Waals surface area (Å²) in [6.07, 6.45) is 5.35. The second kappa shape index (κ2) is 3.62. The Morgan fingerprint density at radius 1 is 1.38 bits per heavy atom. The van der Waals surface area contributed by atoms with Crippen molar-refractivity contribution in [1.82, 2.24) is 0 Å². The molecule has 0 radical (unpaired) electrons. The Kier molecular flexibility index (Phi) is 2.49. The van der Waals surface area contributed by atoms with Crippen molar-refractivity contribution in [2.24, 2.45) is 0 Å². The van der Waals surface area contributed by atoms with Gasteiger partial charge in [0.05, 0.1) is 4.88 Å². The highest BCUT2D eigenvalue weighted by Gasteiger charge is 2.19. The largest absolute Gasteiger partial charge is 0.294 e. The number of ketones is 1. The number of carbonyl (C=O) groups excluding carboxylic acids is 1. The Hall–Kier alpha value is -0.630. The lowest BCUT2D eigenvalue weighted by molar-refractivity contribution is 0.102. The fourth-order valence-corrected chi connectivity index (χ4v) is 3.04. The van der Waals surface area contributed by atoms with Crippen LogP contribution in [0.3, 0.4) is 0 Å². The molecular formula is C11H14OS. The van der Waals surface area contributed by atoms with Gasteiger partial charge in [-0.05, 0) is 37.8 Å². The third-order valence-corrected chi connectivity index (χ3v) is 4.08. The summed E-state index contributed by atoms with van der Waals surface area (Å²) in [7, 11) is 0. The first-order chi connectivity index (χ1) is 6.27. The van der Waals surface area contributed by atoms with Crippen molar-refractivity contribution in [3.05, 3.63) is 21.9 Å². The third kappa shape index (κ3) is 1.83. The van der Waals surface area contributed by atoms with Gasteiger partial charge in [0.25, 0.3) is 0 Å². The molecular weight excluding hydrogens is 180 g/mol. The van der Waals surface area contributed by atoms with E-state index in [1.807, 2.05) is 6.07 Å². The van der Waals surface area contributed by atoms with Crippen LogP contribution in [0.15, 0.2) is 12.1 Å². The van der Waals surface area contributed by atoms with Crippen molar-refractivity contribution in [2.45, 2.75) is 38.5 Å². The predicted molar refractivity (Wildman–Crippen MR) is 55.5 cm³/mol. The maximum Gasteiger partial charge on any atom is 0.169 e. The van der Waals surface area contributed by atoms with Gasteiger partial charge < -0.3 is 0 Å². The summed E-state index contributed by atoms with van der Waals surface area (Å²) in [5, 5.41) is 0. The molecule has 1 aromatic rings. The number of rotatable bonds is 2. The Morgan fingerprint density at radius 2 is 2.08 bits per heavy atom. The third-order valence-electron chi connectivity index (χ3n) is 2.73. The molecule has 0 amide bonds. The topological polar surface area (TPSA) is 17.1 Å². The molecule has 0 atom stereocenters. The lowest BCUT2D eigenvalue weighted by Crippen LogP contribution is -1.87. The van der Waals surface area contributed by atoms with E-state index in [2.05, 4.69) is 6.07 Å². The fraction of sp³-hybridized carbons (Fsp3) is 0.545. The van der Waals surface area contributed by atoms with E-state index >= 15 is 0 Å². The monoisotopic (exact) mass is 194 g/mol. The molecule has 1 saturated carbocycles. The van der Waals surface area contributed by atoms with Crippen LogP contribution in [0.4, 0.5) is 0 Å². The molecule has 0 bridgehead atoms. The van der Waals surface area contributed by atoms with Gasteiger partial charge in [-0.15, -0.1) is 11.3 Å². The standard InChI is InChI=1S/C11H14OS/c1-8(12)10-6-7-11(13-10)9-4-2-3-5-9/h6-7,9H,2-5H2,1H3. The van der Waals surface area contributed by atoms with Crippen LogP contribution in [0.2, 0.25) is 0 Å². The molecule has 1 aromatic heterocycles. The van der Waals surface area contributed by atoms with Crippen LogP contribution in [0.25, 0.3) is 0 Å². The molecule has 0 aromatic carbocycles. The quantitative estimate of drug-likeness (QED) is 0.657. The molecule has 1 nitrogen and oxygen atoms in total. The molecule has 0 spiro atoms. The second-order valence-electron chi connectivity index (χ2n) is 3.74. The molecule has 0 N–H and O–H groups in total. The molecule has 1 aliphatic rings. The van der Waals surface area contributed by atoms with Gasteiger partial charge in [-0.1, -0.05) is 12.8 Å². The van der Waals surface area contributed by atoms with Crippen molar-refractivity contribution in [2.75, 3.05) is 0 Å². The van der Waals surface area contributed by atoms with Crippen LogP contribution in [0, 0.1) is 0 Å². The van der Waals surface area contributed by atoms with Crippen LogP contribution in [0.5, 0.6) is 0 Å². The Morgan fingerprint density at radius 3 is 2.62 bits per heavy atom. The first kappa shape index (κ1) is 8.95. The van der Waals surface area contributed by atoms with E-state index in [-0.39, 0.29) is 5.78 Å². The SMILES string of the molecule is CC(=O)c1ccc(C2CCCC2)s1. The van der Waals surface area contributed by atoms with Crippen LogP contribution in [0.1, 0.15) is 53.1 Å². The van der Waals surface area contributed by atoms with Crippen molar-refractivity contribution in [3.63, 3.8) is 0 Å². The lowest BCUT2D eigenvalue weighted by Gasteiger charge is -2.03. The average molecular weight is 194 g/mol. The van der Waals surface area contributed by atoms with Gasteiger partial charge in [-0.3, -0.25) is 4.79 Å². The minimum Gasteiger partial charge on any atom is -0.294 e. The van der Waals surface area contributed by atoms with Crippen LogP contribution in [-0.2, 0) is 0 Å². The summed E-state index contributed by atoms with van der Waals surface area (Å²) in [6.45, 7) is 1.64. The zero-order valence-corrected chi connectivity index (χ0v) is 8.69. The van der Waals surface area contributed by atoms with E-state index in [4.69, 9.17) is 0 Å². The van der Waals surface area contributed by atoms with E-state index < -0.39 is 0 Å². The molecule has 70 valence electrons. The molecule has 0 aliphatic heterocycles. The number of Topliss-reactive ketones (excluding diaryl/α,β-unsaturated/α-hetero) is 1. The molecule has 0 unspecified atom stereocenters. The fourth-order valence-electron chi connectivity index (χ4n) is 1.97. The molecule has 0 saturated heterocycles. The highest BCUT2D eigenvalue weighted by molar-refractivity contribution is 7.14. The number of thiophene rings is 1. The van der Waals surface area contributed by atoms with Crippen LogP contribution in [-0.4, -0.2) is 5.78 Å². The average Bonchev–Trinajstić information content (AvgIpc) is 2.75. The molecule has 13 heavy (non-hydrogen) atoms. The number of carbonyl (C=O) groups is 1. The lowest BCUT2D eigenvalue weighted by atomic mass is 10.1. The smallest absolute Gasteiger partial charge is 0.169 e. The van der Waals surface area contributed by atoms with E-state index in [9.17, 15) is 4.79 Å². The van der Waals surface area contributed by atoms with Gasteiger partial charge in [0.1, 0.15) is 0 Å². The summed E-state index contributed by atoms with van der Waals surface area (Å²) < 4.78 is 0. The summed E-state index contributed by atoms with van der Waals surface area (Å²) in [5.74, 6) is 0.951. The molecule has 1 aliphatic carbocycles. The van der Waals surface area contributed by atoms with Gasteiger partial charge in [-0.25, -0.2) is 0 Å². The summed E-state index contributed by atoms with van der Waals surface area (Å²) >= 11 is 1.69. The minimum atomic E-state index is 0.203. The summed E-state index contributed by atoms with van der Waals surface area (Å²) in [5.41, 5.74) is 0. The van der Waals surface area contributed by atoms with E-state index in [0.29, 0.717) is 0 Å². The Bertz CT molecular complexity index is 308. The van der Waals surface area contributed by atoms with Gasteiger partial charge in [0, 0.05) is 4.88 Å². The van der Waals surface area contributed by atoms with Gasteiger partial charge in [0.15, 0.2) is 5.78 Å². The van der Waals surface area contributed by atoms with Crippen LogP contribution >= 0.6 is 11.3 Å². The van der Waals surface area contributed by atoms with Crippen molar-refractivity contribution in [1.29, 1.82) is 0 Å². The minimum absolute atomic E-state index is 0.203. The molecule has 1 fully saturated rings. The predicted octanol–water partition coefficient (Wildman–Crippen LogP) is 3.61. The molecule has 2 rings (SSSR count). The Labute approximate surface area is 82.8 Å². The number of hydrogen-bond acceptors (Lipinski definition) is 2. The van der Waals surface area contributed by atoms with E-state index in [1.165, 1.54) is 30.6 Å². The molecule has 2 heteroatoms. The molecule has 1 heterocycles. The summed E-state index contributed by atoms with van der Waals surface area (Å²) in [6, 6.07) is 4.11. The maximum atomic E-state index is 11.1.